The first-order valence-corrected chi connectivity index (χ1v) is 11.1. The van der Waals surface area contributed by atoms with Crippen molar-refractivity contribution >= 4 is 34.3 Å². The predicted octanol–water partition coefficient (Wildman–Crippen LogP) is 3.46. The summed E-state index contributed by atoms with van der Waals surface area (Å²) >= 11 is 0. The molecule has 2 N–H and O–H groups in total. The van der Waals surface area contributed by atoms with Gasteiger partial charge in [-0.3, -0.25) is 9.59 Å². The molecule has 1 saturated carbocycles. The van der Waals surface area contributed by atoms with Crippen LogP contribution in [0.5, 0.6) is 0 Å². The van der Waals surface area contributed by atoms with Crippen molar-refractivity contribution in [2.75, 3.05) is 4.90 Å². The Hall–Kier alpha value is -3.58. The number of nitrogens with zero attached hydrogens (tertiary/aromatic N) is 1. The number of carbonyl (C=O) groups excluding carboxylic acids is 2. The number of carbonyl (C=O) groups is 2. The molecule has 2 aliphatic carbocycles. The maximum absolute atomic E-state index is 13.6. The first-order valence-electron chi connectivity index (χ1n) is 11.1. The van der Waals surface area contributed by atoms with E-state index in [0.29, 0.717) is 5.69 Å². The van der Waals surface area contributed by atoms with Gasteiger partial charge in [0.05, 0.1) is 17.5 Å². The molecule has 3 aliphatic rings. The molecular formula is C27H22N2O4. The van der Waals surface area contributed by atoms with E-state index in [-0.39, 0.29) is 29.3 Å². The number of hydrogen-bond acceptors (Lipinski definition) is 4. The van der Waals surface area contributed by atoms with E-state index in [1.165, 1.54) is 17.0 Å². The number of imide groups is 1. The van der Waals surface area contributed by atoms with E-state index in [0.717, 1.165) is 28.7 Å². The summed E-state index contributed by atoms with van der Waals surface area (Å²) in [7, 11) is 0. The normalized spacial score (nSPS) is 26.8. The third-order valence-electron chi connectivity index (χ3n) is 7.33. The number of quaternary nitrogens is 1. The summed E-state index contributed by atoms with van der Waals surface area (Å²) < 4.78 is 0. The second kappa shape index (κ2) is 7.49. The zero-order valence-electron chi connectivity index (χ0n) is 17.7. The highest BCUT2D eigenvalue weighted by Crippen LogP contribution is 2.63. The molecule has 1 aliphatic heterocycles. The summed E-state index contributed by atoms with van der Waals surface area (Å²) in [6.07, 6.45) is 0.782. The van der Waals surface area contributed by atoms with Gasteiger partial charge in [-0.15, -0.1) is 0 Å². The van der Waals surface area contributed by atoms with Crippen molar-refractivity contribution in [3.8, 4) is 0 Å². The molecule has 33 heavy (non-hydrogen) atoms. The van der Waals surface area contributed by atoms with Crippen LogP contribution in [0, 0.1) is 28.9 Å². The molecule has 6 heteroatoms. The maximum Gasteiger partial charge on any atom is 0.238 e. The molecule has 5 unspecified atom stereocenters. The average Bonchev–Trinajstić information content (AvgIpc) is 3.49. The highest BCUT2D eigenvalue weighted by atomic mass is 16.8. The lowest BCUT2D eigenvalue weighted by Crippen LogP contribution is -2.99. The Balaban J connectivity index is 1.46. The summed E-state index contributed by atoms with van der Waals surface area (Å²) in [6, 6.07) is 26.3. The van der Waals surface area contributed by atoms with Gasteiger partial charge in [-0.05, 0) is 46.6 Å². The van der Waals surface area contributed by atoms with E-state index >= 15 is 0 Å². The van der Waals surface area contributed by atoms with Crippen LogP contribution in [0.2, 0.25) is 0 Å². The van der Waals surface area contributed by atoms with Gasteiger partial charge in [0.15, 0.2) is 5.69 Å². The summed E-state index contributed by atoms with van der Waals surface area (Å²) in [5, 5.41) is 19.7. The van der Waals surface area contributed by atoms with Crippen LogP contribution >= 0.6 is 0 Å². The SMILES string of the molecule is O=C1C2C3CC(C(c4ccccc4)=C3c3ccccc3)C2C(=O)N1c1cccc([NH+]([O-])O)c1. The van der Waals surface area contributed by atoms with E-state index in [4.69, 9.17) is 0 Å². The molecule has 2 fully saturated rings. The Morgan fingerprint density at radius 3 is 1.76 bits per heavy atom. The Bertz CT molecular complexity index is 1210. The lowest BCUT2D eigenvalue weighted by molar-refractivity contribution is -0.991. The molecular weight excluding hydrogens is 416 g/mol. The van der Waals surface area contributed by atoms with Crippen molar-refractivity contribution in [2.45, 2.75) is 6.42 Å². The van der Waals surface area contributed by atoms with Gasteiger partial charge < -0.3 is 5.21 Å². The topological polar surface area (TPSA) is 85.1 Å². The van der Waals surface area contributed by atoms with Crippen LogP contribution < -0.4 is 10.1 Å². The van der Waals surface area contributed by atoms with Gasteiger partial charge in [0, 0.05) is 12.1 Å². The third kappa shape index (κ3) is 2.92. The van der Waals surface area contributed by atoms with Crippen molar-refractivity contribution in [3.05, 3.63) is 101 Å². The van der Waals surface area contributed by atoms with E-state index in [9.17, 15) is 20.0 Å². The van der Waals surface area contributed by atoms with E-state index < -0.39 is 17.1 Å². The Morgan fingerprint density at radius 1 is 0.758 bits per heavy atom. The molecule has 3 aromatic carbocycles. The van der Waals surface area contributed by atoms with E-state index in [1.807, 2.05) is 36.4 Å². The number of benzene rings is 3. The fraction of sp³-hybridized carbons (Fsp3) is 0.185. The number of hydrogen-bond donors (Lipinski definition) is 2. The van der Waals surface area contributed by atoms with Crippen molar-refractivity contribution < 1.29 is 20.0 Å². The summed E-state index contributed by atoms with van der Waals surface area (Å²) in [5.41, 5.74) is 4.90. The van der Waals surface area contributed by atoms with Crippen LogP contribution in [0.15, 0.2) is 84.9 Å². The molecule has 0 aromatic heterocycles. The lowest BCUT2D eigenvalue weighted by atomic mass is 9.73. The van der Waals surface area contributed by atoms with Crippen molar-refractivity contribution in [2.24, 2.45) is 23.7 Å². The summed E-state index contributed by atoms with van der Waals surface area (Å²) in [4.78, 5) is 28.5. The van der Waals surface area contributed by atoms with Crippen LogP contribution in [0.3, 0.4) is 0 Å². The maximum atomic E-state index is 13.6. The minimum Gasteiger partial charge on any atom is -0.595 e. The average molecular weight is 438 g/mol. The highest BCUT2D eigenvalue weighted by Gasteiger charge is 2.64. The van der Waals surface area contributed by atoms with E-state index in [1.54, 1.807) is 12.1 Å². The fourth-order valence-electron chi connectivity index (χ4n) is 6.13. The minimum absolute atomic E-state index is 0.0401. The van der Waals surface area contributed by atoms with Gasteiger partial charge >= 0.3 is 0 Å². The van der Waals surface area contributed by atoms with Gasteiger partial charge in [0.2, 0.25) is 11.8 Å². The van der Waals surface area contributed by atoms with Gasteiger partial charge in [0.25, 0.3) is 0 Å². The van der Waals surface area contributed by atoms with Crippen LogP contribution in [0.1, 0.15) is 17.5 Å². The number of rotatable bonds is 4. The van der Waals surface area contributed by atoms with Crippen molar-refractivity contribution in [3.63, 3.8) is 0 Å². The van der Waals surface area contributed by atoms with Crippen LogP contribution in [-0.4, -0.2) is 17.0 Å². The van der Waals surface area contributed by atoms with Crippen LogP contribution in [0.4, 0.5) is 11.4 Å². The summed E-state index contributed by atoms with van der Waals surface area (Å²) in [6.45, 7) is 0. The largest absolute Gasteiger partial charge is 0.595 e. The van der Waals surface area contributed by atoms with Crippen molar-refractivity contribution in [1.29, 1.82) is 0 Å². The molecule has 5 atom stereocenters. The quantitative estimate of drug-likeness (QED) is 0.483. The number of amides is 2. The molecule has 0 spiro atoms. The Labute approximate surface area is 190 Å². The zero-order valence-corrected chi connectivity index (χ0v) is 17.7. The van der Waals surface area contributed by atoms with Gasteiger partial charge in [-0.1, -0.05) is 66.7 Å². The predicted molar refractivity (Wildman–Crippen MR) is 123 cm³/mol. The zero-order chi connectivity index (χ0) is 22.7. The Morgan fingerprint density at radius 2 is 1.27 bits per heavy atom. The van der Waals surface area contributed by atoms with Gasteiger partial charge in [-0.25, -0.2) is 10.1 Å². The number of nitrogens with one attached hydrogen (secondary N) is 1. The van der Waals surface area contributed by atoms with Crippen LogP contribution in [0.25, 0.3) is 11.1 Å². The highest BCUT2D eigenvalue weighted by molar-refractivity contribution is 6.24. The summed E-state index contributed by atoms with van der Waals surface area (Å²) in [5.74, 6) is -1.36. The molecule has 164 valence electrons. The lowest BCUT2D eigenvalue weighted by Gasteiger charge is -2.27. The molecule has 0 radical (unpaired) electrons. The molecule has 2 amide bonds. The second-order valence-electron chi connectivity index (χ2n) is 8.93. The van der Waals surface area contributed by atoms with Gasteiger partial charge in [0.1, 0.15) is 0 Å². The number of allylic oxidation sites excluding steroid dienone is 2. The molecule has 3 aromatic rings. The fourth-order valence-corrected chi connectivity index (χ4v) is 6.13. The smallest absolute Gasteiger partial charge is 0.238 e. The monoisotopic (exact) mass is 438 g/mol. The first-order chi connectivity index (χ1) is 16.1. The molecule has 1 heterocycles. The second-order valence-corrected chi connectivity index (χ2v) is 8.93. The van der Waals surface area contributed by atoms with E-state index in [2.05, 4.69) is 24.3 Å². The number of fused-ring (bicyclic) bond motifs is 5. The van der Waals surface area contributed by atoms with Crippen molar-refractivity contribution in [1.82, 2.24) is 0 Å². The van der Waals surface area contributed by atoms with Gasteiger partial charge in [-0.2, -0.15) is 5.23 Å². The Kier molecular flexibility index (Phi) is 4.55. The molecule has 1 saturated heterocycles. The number of anilines is 1. The molecule has 6 rings (SSSR count). The minimum atomic E-state index is -1.09. The standard InChI is InChI=1S/C27H22N2O4/c30-26-24-20-15-21(25(24)27(31)28(26)18-12-7-13-19(14-18)29(32)33)23(17-10-5-2-6-11-17)22(20)16-8-3-1-4-9-16/h1-14,20-21,24-25,29,32H,15H2. The first kappa shape index (κ1) is 20.1. The molecule has 6 nitrogen and oxygen atoms in total. The molecule has 2 bridgehead atoms. The third-order valence-corrected chi connectivity index (χ3v) is 7.33. The van der Waals surface area contributed by atoms with Crippen LogP contribution in [-0.2, 0) is 9.59 Å².